The molecular weight excluding hydrogens is 270 g/mol. The average Bonchev–Trinajstić information content (AvgIpc) is 2.37. The van der Waals surface area contributed by atoms with Crippen LogP contribution in [0, 0.1) is 0 Å². The maximum absolute atomic E-state index is 6.01. The highest BCUT2D eigenvalue weighted by Crippen LogP contribution is 2.23. The van der Waals surface area contributed by atoms with Gasteiger partial charge in [0.25, 0.3) is 0 Å². The van der Waals surface area contributed by atoms with E-state index in [1.54, 1.807) is 18.9 Å². The maximum Gasteiger partial charge on any atom is 0.123 e. The molecule has 0 amide bonds. The van der Waals surface area contributed by atoms with E-state index in [4.69, 9.17) is 21.1 Å². The van der Waals surface area contributed by atoms with Crippen molar-refractivity contribution in [1.82, 2.24) is 5.32 Å². The van der Waals surface area contributed by atoms with Crippen LogP contribution in [0.25, 0.3) is 0 Å². The predicted octanol–water partition coefficient (Wildman–Crippen LogP) is 2.82. The zero-order valence-electron chi connectivity index (χ0n) is 10.9. The van der Waals surface area contributed by atoms with Crippen molar-refractivity contribution >= 4 is 23.4 Å². The quantitative estimate of drug-likeness (QED) is 0.708. The lowest BCUT2D eigenvalue weighted by Crippen LogP contribution is -2.19. The third-order valence-corrected chi connectivity index (χ3v) is 3.18. The average molecular weight is 290 g/mol. The summed E-state index contributed by atoms with van der Waals surface area (Å²) in [4.78, 5) is 0. The van der Waals surface area contributed by atoms with Crippen molar-refractivity contribution in [2.24, 2.45) is 0 Å². The summed E-state index contributed by atoms with van der Waals surface area (Å²) in [6.07, 6.45) is 2.07. The highest BCUT2D eigenvalue weighted by Gasteiger charge is 2.04. The van der Waals surface area contributed by atoms with E-state index in [1.807, 2.05) is 18.2 Å². The second-order valence-electron chi connectivity index (χ2n) is 3.76. The van der Waals surface area contributed by atoms with Gasteiger partial charge in [0.05, 0.1) is 13.2 Å². The molecule has 0 radical (unpaired) electrons. The van der Waals surface area contributed by atoms with Gasteiger partial charge in [-0.15, -0.1) is 0 Å². The Balaban J connectivity index is 2.53. The number of hydrogen-bond donors (Lipinski definition) is 1. The first-order chi connectivity index (χ1) is 8.77. The van der Waals surface area contributed by atoms with Crippen LogP contribution < -0.4 is 10.1 Å². The van der Waals surface area contributed by atoms with E-state index in [2.05, 4.69) is 11.6 Å². The number of ether oxygens (including phenoxy) is 2. The van der Waals surface area contributed by atoms with Crippen molar-refractivity contribution in [1.29, 1.82) is 0 Å². The molecule has 0 aliphatic rings. The first-order valence-electron chi connectivity index (χ1n) is 5.87. The summed E-state index contributed by atoms with van der Waals surface area (Å²) in [6, 6.07) is 5.72. The van der Waals surface area contributed by atoms with Crippen LogP contribution in [0.3, 0.4) is 0 Å². The number of methoxy groups -OCH3 is 1. The molecular formula is C13H20ClNO2S. The van der Waals surface area contributed by atoms with Crippen molar-refractivity contribution in [3.63, 3.8) is 0 Å². The number of rotatable bonds is 9. The molecule has 1 rings (SSSR count). The molecule has 0 unspecified atom stereocenters. The lowest BCUT2D eigenvalue weighted by molar-refractivity contribution is 0.199. The predicted molar refractivity (Wildman–Crippen MR) is 78.9 cm³/mol. The summed E-state index contributed by atoms with van der Waals surface area (Å²) in [5, 5.41) is 4.02. The fourth-order valence-corrected chi connectivity index (χ4v) is 1.90. The van der Waals surface area contributed by atoms with Crippen LogP contribution in [0.15, 0.2) is 18.2 Å². The molecule has 0 aliphatic heterocycles. The molecule has 0 bridgehead atoms. The first-order valence-corrected chi connectivity index (χ1v) is 7.65. The van der Waals surface area contributed by atoms with Gasteiger partial charge >= 0.3 is 0 Å². The largest absolute Gasteiger partial charge is 0.492 e. The van der Waals surface area contributed by atoms with Crippen LogP contribution in [-0.4, -0.2) is 38.9 Å². The number of thioether (sulfide) groups is 1. The van der Waals surface area contributed by atoms with Crippen LogP contribution in [0.4, 0.5) is 0 Å². The SMILES string of the molecule is COCCNCc1cc(Cl)ccc1OCCSC. The molecule has 18 heavy (non-hydrogen) atoms. The summed E-state index contributed by atoms with van der Waals surface area (Å²) in [7, 11) is 1.69. The second kappa shape index (κ2) is 9.50. The lowest BCUT2D eigenvalue weighted by atomic mass is 10.2. The van der Waals surface area contributed by atoms with Crippen molar-refractivity contribution in [2.75, 3.05) is 38.9 Å². The Labute approximate surface area is 118 Å². The molecule has 0 spiro atoms. The zero-order chi connectivity index (χ0) is 13.2. The minimum absolute atomic E-state index is 0.698. The normalized spacial score (nSPS) is 10.6. The van der Waals surface area contributed by atoms with Crippen LogP contribution in [0.2, 0.25) is 5.02 Å². The number of hydrogen-bond acceptors (Lipinski definition) is 4. The molecule has 102 valence electrons. The Morgan fingerprint density at radius 1 is 1.33 bits per heavy atom. The van der Waals surface area contributed by atoms with Crippen LogP contribution in [0.5, 0.6) is 5.75 Å². The number of benzene rings is 1. The van der Waals surface area contributed by atoms with E-state index in [9.17, 15) is 0 Å². The minimum Gasteiger partial charge on any atom is -0.492 e. The summed E-state index contributed by atoms with van der Waals surface area (Å²) >= 11 is 7.78. The molecule has 0 atom stereocenters. The Morgan fingerprint density at radius 3 is 2.89 bits per heavy atom. The van der Waals surface area contributed by atoms with E-state index in [0.29, 0.717) is 13.2 Å². The van der Waals surface area contributed by atoms with Crippen molar-refractivity contribution in [2.45, 2.75) is 6.54 Å². The Kier molecular flexibility index (Phi) is 8.25. The van der Waals surface area contributed by atoms with Gasteiger partial charge in [-0.05, 0) is 24.5 Å². The number of halogens is 1. The molecule has 5 heteroatoms. The van der Waals surface area contributed by atoms with Gasteiger partial charge in [0.15, 0.2) is 0 Å². The molecule has 3 nitrogen and oxygen atoms in total. The molecule has 0 aromatic heterocycles. The van der Waals surface area contributed by atoms with E-state index in [1.165, 1.54) is 0 Å². The third kappa shape index (κ3) is 5.96. The summed E-state index contributed by atoms with van der Waals surface area (Å²) < 4.78 is 10.7. The molecule has 1 aromatic carbocycles. The fourth-order valence-electron chi connectivity index (χ4n) is 1.46. The van der Waals surface area contributed by atoms with E-state index in [0.717, 1.165) is 35.2 Å². The van der Waals surface area contributed by atoms with Crippen LogP contribution >= 0.6 is 23.4 Å². The van der Waals surface area contributed by atoms with Gasteiger partial charge in [-0.2, -0.15) is 11.8 Å². The Bertz CT molecular complexity index is 350. The third-order valence-electron chi connectivity index (χ3n) is 2.37. The highest BCUT2D eigenvalue weighted by atomic mass is 35.5. The van der Waals surface area contributed by atoms with Crippen molar-refractivity contribution < 1.29 is 9.47 Å². The van der Waals surface area contributed by atoms with Gasteiger partial charge in [0.2, 0.25) is 0 Å². The van der Waals surface area contributed by atoms with Crippen LogP contribution in [0.1, 0.15) is 5.56 Å². The van der Waals surface area contributed by atoms with Gasteiger partial charge < -0.3 is 14.8 Å². The number of nitrogens with one attached hydrogen (secondary N) is 1. The first kappa shape index (κ1) is 15.6. The zero-order valence-corrected chi connectivity index (χ0v) is 12.4. The van der Waals surface area contributed by atoms with E-state index in [-0.39, 0.29) is 0 Å². The molecule has 0 saturated heterocycles. The molecule has 0 fully saturated rings. The van der Waals surface area contributed by atoms with E-state index < -0.39 is 0 Å². The smallest absolute Gasteiger partial charge is 0.123 e. The molecule has 0 saturated carbocycles. The minimum atomic E-state index is 0.698. The van der Waals surface area contributed by atoms with Gasteiger partial charge in [-0.1, -0.05) is 11.6 Å². The van der Waals surface area contributed by atoms with Crippen LogP contribution in [-0.2, 0) is 11.3 Å². The monoisotopic (exact) mass is 289 g/mol. The Morgan fingerprint density at radius 2 is 2.17 bits per heavy atom. The molecule has 0 heterocycles. The standard InChI is InChI=1S/C13H20ClNO2S/c1-16-6-5-15-10-11-9-12(14)3-4-13(11)17-7-8-18-2/h3-4,9,15H,5-8,10H2,1-2H3. The summed E-state index contributed by atoms with van der Waals surface area (Å²) in [5.41, 5.74) is 1.08. The lowest BCUT2D eigenvalue weighted by Gasteiger charge is -2.12. The topological polar surface area (TPSA) is 30.5 Å². The maximum atomic E-state index is 6.01. The van der Waals surface area contributed by atoms with Gasteiger partial charge in [0.1, 0.15) is 5.75 Å². The molecule has 1 aromatic rings. The highest BCUT2D eigenvalue weighted by molar-refractivity contribution is 7.98. The molecule has 0 aliphatic carbocycles. The summed E-state index contributed by atoms with van der Waals surface area (Å²) in [5.74, 6) is 1.89. The van der Waals surface area contributed by atoms with Crippen molar-refractivity contribution in [3.05, 3.63) is 28.8 Å². The van der Waals surface area contributed by atoms with E-state index >= 15 is 0 Å². The Hall–Kier alpha value is -0.420. The fraction of sp³-hybridized carbons (Fsp3) is 0.538. The van der Waals surface area contributed by atoms with Gasteiger partial charge in [-0.25, -0.2) is 0 Å². The van der Waals surface area contributed by atoms with Crippen molar-refractivity contribution in [3.8, 4) is 5.75 Å². The van der Waals surface area contributed by atoms with Gasteiger partial charge in [0, 0.05) is 36.5 Å². The van der Waals surface area contributed by atoms with Gasteiger partial charge in [-0.3, -0.25) is 0 Å². The second-order valence-corrected chi connectivity index (χ2v) is 5.18. The molecule has 1 N–H and O–H groups in total. The summed E-state index contributed by atoms with van der Waals surface area (Å²) in [6.45, 7) is 2.96.